The molecule has 0 aliphatic carbocycles. The summed E-state index contributed by atoms with van der Waals surface area (Å²) in [7, 11) is 4.00. The number of carbonyl (C=O) groups is 1. The van der Waals surface area contributed by atoms with E-state index in [0.717, 1.165) is 16.2 Å². The Labute approximate surface area is 140 Å². The van der Waals surface area contributed by atoms with Crippen molar-refractivity contribution in [3.63, 3.8) is 0 Å². The topological polar surface area (TPSA) is 20.1 Å². The predicted octanol–water partition coefficient (Wildman–Crippen LogP) is 0.325. The first-order chi connectivity index (χ1) is 9.68. The van der Waals surface area contributed by atoms with Gasteiger partial charge in [0.1, 0.15) is 14.1 Å². The lowest BCUT2D eigenvalue weighted by molar-refractivity contribution is -0.460. The summed E-state index contributed by atoms with van der Waals surface area (Å²) in [6, 6.07) is 19.6. The first kappa shape index (κ1) is 17.7. The monoisotopic (exact) mass is 363 g/mol. The molecule has 0 unspecified atom stereocenters. The van der Waals surface area contributed by atoms with Crippen molar-refractivity contribution in [3.8, 4) is 0 Å². The number of Topliss-reactive ketones (excluding diaryl/α,β-unsaturated/α-hetero) is 1. The second-order valence-corrected chi connectivity index (χ2v) is 5.61. The highest BCUT2D eigenvalue weighted by molar-refractivity contribution is 8.14. The second-order valence-electron chi connectivity index (χ2n) is 4.64. The van der Waals surface area contributed by atoms with E-state index in [-0.39, 0.29) is 22.8 Å². The molecular weight excluding hydrogens is 346 g/mol. The molecule has 110 valence electrons. The minimum atomic E-state index is 0. The number of nitrogens with zero attached hydrogens (tertiary/aromatic N) is 1. The van der Waals surface area contributed by atoms with Gasteiger partial charge in [0.05, 0.1) is 11.3 Å². The zero-order valence-electron chi connectivity index (χ0n) is 12.1. The minimum absolute atomic E-state index is 0. The van der Waals surface area contributed by atoms with Gasteiger partial charge in [0.2, 0.25) is 5.04 Å². The molecule has 0 atom stereocenters. The third-order valence-electron chi connectivity index (χ3n) is 2.86. The molecular formula is C17H18BrNOS. The van der Waals surface area contributed by atoms with Crippen LogP contribution in [-0.4, -0.2) is 35.3 Å². The second kappa shape index (κ2) is 8.80. The molecule has 4 heteroatoms. The van der Waals surface area contributed by atoms with Gasteiger partial charge in [-0.3, -0.25) is 4.79 Å². The van der Waals surface area contributed by atoms with Crippen molar-refractivity contribution >= 4 is 22.6 Å². The Kier molecular flexibility index (Phi) is 7.40. The Hall–Kier alpha value is -1.39. The lowest BCUT2D eigenvalue weighted by atomic mass is 10.2. The fraction of sp³-hybridized carbons (Fsp3) is 0.176. The summed E-state index contributed by atoms with van der Waals surface area (Å²) in [5.41, 5.74) is 1.91. The van der Waals surface area contributed by atoms with E-state index >= 15 is 0 Å². The van der Waals surface area contributed by atoms with Crippen LogP contribution in [0.4, 0.5) is 0 Å². The molecule has 0 radical (unpaired) electrons. The normalized spacial score (nSPS) is 9.62. The highest BCUT2D eigenvalue weighted by Gasteiger charge is 2.15. The highest BCUT2D eigenvalue weighted by atomic mass is 79.9. The standard InChI is InChI=1S/C17H18NOS.BrH/c1-18(2)17(15-11-7-4-8-12-15)20-13-16(19)14-9-5-3-6-10-14;/h3-12H,13H2,1-2H3;1H/q+1;/p-1. The number of halogens is 1. The van der Waals surface area contributed by atoms with E-state index in [1.54, 1.807) is 11.8 Å². The Balaban J connectivity index is 0.00000220. The molecule has 21 heavy (non-hydrogen) atoms. The number of benzene rings is 2. The Bertz CT molecular complexity index is 607. The first-order valence-corrected chi connectivity index (χ1v) is 7.48. The third kappa shape index (κ3) is 5.14. The van der Waals surface area contributed by atoms with E-state index in [2.05, 4.69) is 16.7 Å². The SMILES string of the molecule is C[N+](C)=C(SCC(=O)c1ccccc1)c1ccccc1.[Br-]. The largest absolute Gasteiger partial charge is 1.00 e. The van der Waals surface area contributed by atoms with Crippen LogP contribution in [0.3, 0.4) is 0 Å². The van der Waals surface area contributed by atoms with E-state index < -0.39 is 0 Å². The van der Waals surface area contributed by atoms with Gasteiger partial charge in [-0.1, -0.05) is 48.5 Å². The fourth-order valence-corrected chi connectivity index (χ4v) is 2.89. The van der Waals surface area contributed by atoms with E-state index in [1.807, 2.05) is 62.6 Å². The summed E-state index contributed by atoms with van der Waals surface area (Å²) >= 11 is 1.58. The van der Waals surface area contributed by atoms with E-state index in [9.17, 15) is 4.79 Å². The van der Waals surface area contributed by atoms with Gasteiger partial charge >= 0.3 is 0 Å². The summed E-state index contributed by atoms with van der Waals surface area (Å²) < 4.78 is 2.05. The van der Waals surface area contributed by atoms with Crippen LogP contribution >= 0.6 is 11.8 Å². The van der Waals surface area contributed by atoms with Gasteiger partial charge < -0.3 is 17.0 Å². The van der Waals surface area contributed by atoms with Gasteiger partial charge in [0, 0.05) is 5.56 Å². The van der Waals surface area contributed by atoms with Crippen LogP contribution in [0.2, 0.25) is 0 Å². The smallest absolute Gasteiger partial charge is 0.242 e. The van der Waals surface area contributed by atoms with Crippen molar-refractivity contribution < 1.29 is 26.4 Å². The third-order valence-corrected chi connectivity index (χ3v) is 4.14. The molecule has 0 aliphatic rings. The van der Waals surface area contributed by atoms with E-state index in [0.29, 0.717) is 5.75 Å². The number of ketones is 1. The number of hydrogen-bond donors (Lipinski definition) is 0. The van der Waals surface area contributed by atoms with Gasteiger partial charge in [-0.2, -0.15) is 0 Å². The van der Waals surface area contributed by atoms with Gasteiger partial charge in [0.25, 0.3) is 0 Å². The molecule has 0 saturated carbocycles. The molecule has 0 aliphatic heterocycles. The zero-order chi connectivity index (χ0) is 14.4. The van der Waals surface area contributed by atoms with Crippen molar-refractivity contribution in [1.29, 1.82) is 0 Å². The molecule has 0 N–H and O–H groups in total. The van der Waals surface area contributed by atoms with Crippen molar-refractivity contribution in [1.82, 2.24) is 0 Å². The maximum absolute atomic E-state index is 12.2. The molecule has 0 aromatic heterocycles. The summed E-state index contributed by atoms with van der Waals surface area (Å²) in [4.78, 5) is 12.2. The highest BCUT2D eigenvalue weighted by Crippen LogP contribution is 2.15. The lowest BCUT2D eigenvalue weighted by Gasteiger charge is -2.04. The average Bonchev–Trinajstić information content (AvgIpc) is 2.49. The molecule has 2 rings (SSSR count). The number of rotatable bonds is 4. The Morgan fingerprint density at radius 2 is 1.38 bits per heavy atom. The molecule has 2 aromatic rings. The van der Waals surface area contributed by atoms with E-state index in [1.165, 1.54) is 0 Å². The lowest BCUT2D eigenvalue weighted by Crippen LogP contribution is -3.00. The minimum Gasteiger partial charge on any atom is -1.00 e. The van der Waals surface area contributed by atoms with Crippen LogP contribution in [0.25, 0.3) is 0 Å². The molecule has 0 amide bonds. The summed E-state index contributed by atoms with van der Waals surface area (Å²) in [6.45, 7) is 0. The van der Waals surface area contributed by atoms with E-state index in [4.69, 9.17) is 0 Å². The summed E-state index contributed by atoms with van der Waals surface area (Å²) in [6.07, 6.45) is 0. The number of carbonyl (C=O) groups excluding carboxylic acids is 1. The fourth-order valence-electron chi connectivity index (χ4n) is 1.89. The van der Waals surface area contributed by atoms with Gasteiger partial charge in [0.15, 0.2) is 5.78 Å². The first-order valence-electron chi connectivity index (χ1n) is 6.49. The van der Waals surface area contributed by atoms with Crippen LogP contribution in [0, 0.1) is 0 Å². The Morgan fingerprint density at radius 3 is 1.86 bits per heavy atom. The van der Waals surface area contributed by atoms with Gasteiger partial charge in [-0.25, -0.2) is 4.58 Å². The van der Waals surface area contributed by atoms with Crippen LogP contribution < -0.4 is 17.0 Å². The van der Waals surface area contributed by atoms with Crippen LogP contribution in [0.1, 0.15) is 15.9 Å². The van der Waals surface area contributed by atoms with Crippen LogP contribution in [0.15, 0.2) is 60.7 Å². The van der Waals surface area contributed by atoms with Crippen LogP contribution in [0.5, 0.6) is 0 Å². The van der Waals surface area contributed by atoms with Crippen molar-refractivity contribution in [2.24, 2.45) is 0 Å². The van der Waals surface area contributed by atoms with Crippen molar-refractivity contribution in [3.05, 3.63) is 71.8 Å². The van der Waals surface area contributed by atoms with Crippen molar-refractivity contribution in [2.45, 2.75) is 0 Å². The average molecular weight is 364 g/mol. The Morgan fingerprint density at radius 1 is 0.905 bits per heavy atom. The number of thioether (sulfide) groups is 1. The summed E-state index contributed by atoms with van der Waals surface area (Å²) in [5, 5.41) is 1.11. The van der Waals surface area contributed by atoms with Crippen molar-refractivity contribution in [2.75, 3.05) is 19.8 Å². The number of hydrogen-bond acceptors (Lipinski definition) is 2. The quantitative estimate of drug-likeness (QED) is 0.337. The molecule has 2 nitrogen and oxygen atoms in total. The van der Waals surface area contributed by atoms with Gasteiger partial charge in [-0.05, 0) is 23.9 Å². The molecule has 0 fully saturated rings. The maximum atomic E-state index is 12.2. The molecule has 0 bridgehead atoms. The molecule has 0 heterocycles. The zero-order valence-corrected chi connectivity index (χ0v) is 14.5. The van der Waals surface area contributed by atoms with Crippen LogP contribution in [-0.2, 0) is 0 Å². The molecule has 2 aromatic carbocycles. The summed E-state index contributed by atoms with van der Waals surface area (Å²) in [5.74, 6) is 0.609. The molecule has 0 saturated heterocycles. The predicted molar refractivity (Wildman–Crippen MR) is 85.9 cm³/mol. The maximum Gasteiger partial charge on any atom is 0.242 e. The molecule has 0 spiro atoms. The van der Waals surface area contributed by atoms with Gasteiger partial charge in [-0.15, -0.1) is 0 Å².